The number of benzene rings is 1. The molecule has 0 atom stereocenters. The van der Waals surface area contributed by atoms with E-state index in [1.807, 2.05) is 13.8 Å². The number of carbonyl (C=O) groups excluding carboxylic acids is 2. The summed E-state index contributed by atoms with van der Waals surface area (Å²) in [7, 11) is 0. The molecule has 0 bridgehead atoms. The van der Waals surface area contributed by atoms with E-state index in [1.54, 1.807) is 24.3 Å². The largest absolute Gasteiger partial charge is 0.352 e. The van der Waals surface area contributed by atoms with Crippen molar-refractivity contribution in [1.29, 1.82) is 0 Å². The highest BCUT2D eigenvalue weighted by molar-refractivity contribution is 6.35. The molecule has 0 aliphatic heterocycles. The van der Waals surface area contributed by atoms with Crippen molar-refractivity contribution in [1.82, 2.24) is 10.3 Å². The number of anilines is 1. The van der Waals surface area contributed by atoms with E-state index in [-0.39, 0.29) is 11.6 Å². The van der Waals surface area contributed by atoms with E-state index in [0.717, 1.165) is 0 Å². The van der Waals surface area contributed by atoms with Crippen molar-refractivity contribution in [2.24, 2.45) is 5.92 Å². The monoisotopic (exact) mass is 365 g/mol. The van der Waals surface area contributed by atoms with E-state index in [4.69, 9.17) is 23.2 Å². The Morgan fingerprint density at radius 1 is 1.12 bits per heavy atom. The minimum Gasteiger partial charge on any atom is -0.352 e. The van der Waals surface area contributed by atoms with Gasteiger partial charge in [0.2, 0.25) is 0 Å². The van der Waals surface area contributed by atoms with Crippen LogP contribution in [0.3, 0.4) is 0 Å². The molecule has 0 saturated carbocycles. The zero-order chi connectivity index (χ0) is 17.7. The first-order valence-electron chi connectivity index (χ1n) is 7.37. The highest BCUT2D eigenvalue weighted by atomic mass is 35.5. The summed E-state index contributed by atoms with van der Waals surface area (Å²) in [6.45, 7) is 4.56. The van der Waals surface area contributed by atoms with Gasteiger partial charge in [-0.15, -0.1) is 0 Å². The lowest BCUT2D eigenvalue weighted by molar-refractivity contribution is 0.0949. The minimum atomic E-state index is -0.474. The first-order valence-corrected chi connectivity index (χ1v) is 8.13. The molecule has 24 heavy (non-hydrogen) atoms. The van der Waals surface area contributed by atoms with Crippen molar-refractivity contribution < 1.29 is 9.59 Å². The Morgan fingerprint density at radius 3 is 2.58 bits per heavy atom. The van der Waals surface area contributed by atoms with E-state index in [9.17, 15) is 9.59 Å². The maximum atomic E-state index is 12.3. The molecule has 1 heterocycles. The molecular weight excluding hydrogens is 349 g/mol. The average molecular weight is 366 g/mol. The van der Waals surface area contributed by atoms with Gasteiger partial charge in [0.25, 0.3) is 11.8 Å². The summed E-state index contributed by atoms with van der Waals surface area (Å²) in [5.74, 6) is -0.387. The molecule has 0 aliphatic rings. The molecule has 0 unspecified atom stereocenters. The first-order chi connectivity index (χ1) is 11.4. The van der Waals surface area contributed by atoms with Crippen molar-refractivity contribution in [3.8, 4) is 0 Å². The summed E-state index contributed by atoms with van der Waals surface area (Å²) in [5, 5.41) is 6.24. The minimum absolute atomic E-state index is 0.114. The van der Waals surface area contributed by atoms with Crippen LogP contribution >= 0.6 is 23.2 Å². The van der Waals surface area contributed by atoms with Crippen LogP contribution in [0.1, 0.15) is 34.7 Å². The molecule has 5 nitrogen and oxygen atoms in total. The van der Waals surface area contributed by atoms with Crippen LogP contribution in [0.4, 0.5) is 5.69 Å². The number of aromatic nitrogens is 1. The maximum Gasteiger partial charge on any atom is 0.274 e. The van der Waals surface area contributed by atoms with Gasteiger partial charge in [-0.2, -0.15) is 0 Å². The zero-order valence-corrected chi connectivity index (χ0v) is 14.8. The van der Waals surface area contributed by atoms with Crippen LogP contribution in [0.15, 0.2) is 36.5 Å². The number of rotatable bonds is 5. The second-order valence-electron chi connectivity index (χ2n) is 5.61. The van der Waals surface area contributed by atoms with E-state index in [0.29, 0.717) is 33.8 Å². The summed E-state index contributed by atoms with van der Waals surface area (Å²) in [4.78, 5) is 28.4. The Labute approximate surface area is 150 Å². The predicted octanol–water partition coefficient (Wildman–Crippen LogP) is 4.03. The van der Waals surface area contributed by atoms with Crippen molar-refractivity contribution in [3.63, 3.8) is 0 Å². The Kier molecular flexibility index (Phi) is 6.17. The van der Waals surface area contributed by atoms with Gasteiger partial charge in [-0.1, -0.05) is 37.0 Å². The van der Waals surface area contributed by atoms with E-state index in [1.165, 1.54) is 12.3 Å². The molecule has 1 aromatic heterocycles. The van der Waals surface area contributed by atoms with Crippen LogP contribution < -0.4 is 10.6 Å². The number of nitrogens with zero attached hydrogens (tertiary/aromatic N) is 1. The van der Waals surface area contributed by atoms with Crippen molar-refractivity contribution in [2.75, 3.05) is 11.9 Å². The number of hydrogen-bond acceptors (Lipinski definition) is 3. The maximum absolute atomic E-state index is 12.3. The fraction of sp³-hybridized carbons (Fsp3) is 0.235. The van der Waals surface area contributed by atoms with Crippen molar-refractivity contribution in [3.05, 3.63) is 57.8 Å². The van der Waals surface area contributed by atoms with Gasteiger partial charge in [0, 0.05) is 23.3 Å². The molecular formula is C17H17Cl2N3O2. The number of carbonyl (C=O) groups is 2. The third-order valence-corrected chi connectivity index (χ3v) is 3.67. The summed E-state index contributed by atoms with van der Waals surface area (Å²) >= 11 is 11.9. The third-order valence-electron chi connectivity index (χ3n) is 3.10. The number of nitrogens with one attached hydrogen (secondary N) is 2. The lowest BCUT2D eigenvalue weighted by Crippen LogP contribution is -2.27. The van der Waals surface area contributed by atoms with Gasteiger partial charge in [-0.3, -0.25) is 14.6 Å². The number of amides is 2. The Bertz CT molecular complexity index is 763. The Balaban J connectivity index is 2.14. The average Bonchev–Trinajstić information content (AvgIpc) is 2.56. The molecule has 2 aromatic rings. The van der Waals surface area contributed by atoms with Gasteiger partial charge in [-0.25, -0.2) is 0 Å². The fourth-order valence-electron chi connectivity index (χ4n) is 1.87. The van der Waals surface area contributed by atoms with Gasteiger partial charge >= 0.3 is 0 Å². The van der Waals surface area contributed by atoms with Gasteiger partial charge in [0.05, 0.1) is 10.7 Å². The quantitative estimate of drug-likeness (QED) is 0.840. The lowest BCUT2D eigenvalue weighted by Gasteiger charge is -2.09. The topological polar surface area (TPSA) is 71.1 Å². The molecule has 0 aliphatic carbocycles. The third kappa shape index (κ3) is 4.94. The molecule has 0 radical (unpaired) electrons. The van der Waals surface area contributed by atoms with Crippen LogP contribution in [0.2, 0.25) is 10.0 Å². The van der Waals surface area contributed by atoms with E-state index >= 15 is 0 Å². The molecule has 1 aromatic carbocycles. The summed E-state index contributed by atoms with van der Waals surface area (Å²) in [6, 6.07) is 7.74. The van der Waals surface area contributed by atoms with Crippen LogP contribution in [0.25, 0.3) is 0 Å². The highest BCUT2D eigenvalue weighted by Gasteiger charge is 2.13. The van der Waals surface area contributed by atoms with Crippen LogP contribution in [0, 0.1) is 5.92 Å². The molecule has 0 fully saturated rings. The first kappa shape index (κ1) is 18.2. The summed E-state index contributed by atoms with van der Waals surface area (Å²) < 4.78 is 0. The number of halogens is 2. The molecule has 7 heteroatoms. The van der Waals surface area contributed by atoms with Gasteiger partial charge in [0.15, 0.2) is 0 Å². The highest BCUT2D eigenvalue weighted by Crippen LogP contribution is 2.25. The molecule has 0 spiro atoms. The van der Waals surface area contributed by atoms with Crippen molar-refractivity contribution in [2.45, 2.75) is 13.8 Å². The lowest BCUT2D eigenvalue weighted by atomic mass is 10.2. The standard InChI is InChI=1S/C17H17Cl2N3O2/c1-10(2)9-21-16(23)11-5-6-20-15(7-11)17(24)22-14-8-12(18)3-4-13(14)19/h3-8,10H,9H2,1-2H3,(H,21,23)(H,22,24). The molecule has 2 N–H and O–H groups in total. The van der Waals surface area contributed by atoms with E-state index in [2.05, 4.69) is 15.6 Å². The number of hydrogen-bond donors (Lipinski definition) is 2. The predicted molar refractivity (Wildman–Crippen MR) is 95.8 cm³/mol. The fourth-order valence-corrected chi connectivity index (χ4v) is 2.21. The van der Waals surface area contributed by atoms with Gasteiger partial charge in [0.1, 0.15) is 5.69 Å². The second kappa shape index (κ2) is 8.13. The number of pyridine rings is 1. The summed E-state index contributed by atoms with van der Waals surface area (Å²) in [6.07, 6.45) is 1.42. The summed E-state index contributed by atoms with van der Waals surface area (Å²) in [5.41, 5.74) is 0.863. The molecule has 2 rings (SSSR count). The Hall–Kier alpha value is -2.11. The molecule has 2 amide bonds. The van der Waals surface area contributed by atoms with Crippen LogP contribution in [-0.2, 0) is 0 Å². The molecule has 126 valence electrons. The SMILES string of the molecule is CC(C)CNC(=O)c1ccnc(C(=O)Nc2cc(Cl)ccc2Cl)c1. The zero-order valence-electron chi connectivity index (χ0n) is 13.3. The van der Waals surface area contributed by atoms with E-state index < -0.39 is 5.91 Å². The Morgan fingerprint density at radius 2 is 1.88 bits per heavy atom. The second-order valence-corrected chi connectivity index (χ2v) is 6.46. The van der Waals surface area contributed by atoms with Crippen LogP contribution in [0.5, 0.6) is 0 Å². The molecule has 0 saturated heterocycles. The van der Waals surface area contributed by atoms with Gasteiger partial charge in [-0.05, 0) is 36.2 Å². The van der Waals surface area contributed by atoms with Gasteiger partial charge < -0.3 is 10.6 Å². The normalized spacial score (nSPS) is 10.5. The smallest absolute Gasteiger partial charge is 0.274 e. The van der Waals surface area contributed by atoms with Crippen molar-refractivity contribution >= 4 is 40.7 Å². The van der Waals surface area contributed by atoms with Crippen LogP contribution in [-0.4, -0.2) is 23.3 Å².